The molecule has 88 valence electrons. The van der Waals surface area contributed by atoms with Gasteiger partial charge in [0.15, 0.2) is 5.78 Å². The number of allylic oxidation sites excluding steroid dienone is 2. The van der Waals surface area contributed by atoms with E-state index in [1.807, 2.05) is 13.0 Å². The Morgan fingerprint density at radius 1 is 1.62 bits per heavy atom. The number of ether oxygens (including phenoxy) is 1. The summed E-state index contributed by atoms with van der Waals surface area (Å²) in [6.07, 6.45) is 4.80. The second-order valence-corrected chi connectivity index (χ2v) is 4.36. The van der Waals surface area contributed by atoms with Crippen LogP contribution in [0.1, 0.15) is 26.7 Å². The highest BCUT2D eigenvalue weighted by Gasteiger charge is 2.46. The van der Waals surface area contributed by atoms with Crippen molar-refractivity contribution in [3.8, 4) is 0 Å². The first kappa shape index (κ1) is 12.7. The maximum atomic E-state index is 11.9. The lowest BCUT2D eigenvalue weighted by Crippen LogP contribution is -2.41. The molecule has 0 spiro atoms. The second kappa shape index (κ2) is 4.64. The lowest BCUT2D eigenvalue weighted by molar-refractivity contribution is -0.153. The van der Waals surface area contributed by atoms with Crippen molar-refractivity contribution in [2.45, 2.75) is 26.7 Å². The molecule has 0 bridgehead atoms. The molecule has 3 nitrogen and oxygen atoms in total. The van der Waals surface area contributed by atoms with Gasteiger partial charge in [-0.2, -0.15) is 0 Å². The lowest BCUT2D eigenvalue weighted by Gasteiger charge is -2.37. The lowest BCUT2D eigenvalue weighted by atomic mass is 9.66. The van der Waals surface area contributed by atoms with Gasteiger partial charge in [0.25, 0.3) is 0 Å². The number of carbonyl (C=O) groups excluding carboxylic acids is 2. The summed E-state index contributed by atoms with van der Waals surface area (Å²) >= 11 is 0. The molecule has 1 aliphatic carbocycles. The van der Waals surface area contributed by atoms with Crippen LogP contribution >= 0.6 is 0 Å². The maximum absolute atomic E-state index is 11.9. The van der Waals surface area contributed by atoms with Gasteiger partial charge in [-0.05, 0) is 31.8 Å². The Morgan fingerprint density at radius 2 is 2.25 bits per heavy atom. The highest BCUT2D eigenvalue weighted by atomic mass is 16.5. The summed E-state index contributed by atoms with van der Waals surface area (Å²) in [4.78, 5) is 23.6. The van der Waals surface area contributed by atoms with Crippen molar-refractivity contribution in [1.29, 1.82) is 0 Å². The van der Waals surface area contributed by atoms with Crippen LogP contribution < -0.4 is 0 Å². The number of hydrogen-bond acceptors (Lipinski definition) is 3. The molecule has 0 N–H and O–H groups in total. The second-order valence-electron chi connectivity index (χ2n) is 4.36. The third kappa shape index (κ3) is 1.82. The molecule has 1 rings (SSSR count). The molecule has 0 aromatic rings. The van der Waals surface area contributed by atoms with Crippen LogP contribution in [0.3, 0.4) is 0 Å². The minimum absolute atomic E-state index is 0.101. The van der Waals surface area contributed by atoms with Crippen molar-refractivity contribution in [2.24, 2.45) is 11.3 Å². The summed E-state index contributed by atoms with van der Waals surface area (Å²) in [6, 6.07) is 0. The van der Waals surface area contributed by atoms with Gasteiger partial charge in [-0.15, -0.1) is 0 Å². The summed E-state index contributed by atoms with van der Waals surface area (Å²) in [5, 5.41) is 0. The first-order valence-electron chi connectivity index (χ1n) is 5.44. The standard InChI is InChI=1S/C13H18O3/c1-5-11(14)10-8-6-7-9(2)13(10,3)12(15)16-4/h5,8-9H,1,6-7H2,2-4H3/t9-,13-/m1/s1. The number of esters is 1. The molecule has 0 heterocycles. The van der Waals surface area contributed by atoms with E-state index in [9.17, 15) is 9.59 Å². The van der Waals surface area contributed by atoms with Gasteiger partial charge in [0.05, 0.1) is 12.5 Å². The summed E-state index contributed by atoms with van der Waals surface area (Å²) in [5.74, 6) is -0.426. The van der Waals surface area contributed by atoms with Crippen molar-refractivity contribution >= 4 is 11.8 Å². The highest BCUT2D eigenvalue weighted by Crippen LogP contribution is 2.43. The Balaban J connectivity index is 3.22. The van der Waals surface area contributed by atoms with Crippen LogP contribution in [0.4, 0.5) is 0 Å². The zero-order valence-corrected chi connectivity index (χ0v) is 10.1. The van der Waals surface area contributed by atoms with E-state index >= 15 is 0 Å². The molecule has 0 aliphatic heterocycles. The number of rotatable bonds is 3. The molecule has 0 radical (unpaired) electrons. The van der Waals surface area contributed by atoms with Gasteiger partial charge in [0.2, 0.25) is 0 Å². The fourth-order valence-corrected chi connectivity index (χ4v) is 2.23. The van der Waals surface area contributed by atoms with Gasteiger partial charge < -0.3 is 4.74 Å². The van der Waals surface area contributed by atoms with Gasteiger partial charge >= 0.3 is 5.97 Å². The molecule has 0 saturated carbocycles. The Morgan fingerprint density at radius 3 is 2.75 bits per heavy atom. The van der Waals surface area contributed by atoms with E-state index in [0.29, 0.717) is 5.57 Å². The fourth-order valence-electron chi connectivity index (χ4n) is 2.23. The van der Waals surface area contributed by atoms with E-state index in [0.717, 1.165) is 12.8 Å². The van der Waals surface area contributed by atoms with Gasteiger partial charge in [0, 0.05) is 5.57 Å². The molecule has 1 aliphatic rings. The third-order valence-corrected chi connectivity index (χ3v) is 3.55. The highest BCUT2D eigenvalue weighted by molar-refractivity contribution is 6.08. The minimum Gasteiger partial charge on any atom is -0.468 e. The van der Waals surface area contributed by atoms with Crippen LogP contribution in [0.5, 0.6) is 0 Å². The molecular formula is C13H18O3. The molecule has 0 aromatic heterocycles. The number of methoxy groups -OCH3 is 1. The molecule has 3 heteroatoms. The third-order valence-electron chi connectivity index (χ3n) is 3.55. The SMILES string of the molecule is C=CC(=O)C1=CCC[C@@H](C)[C@@]1(C)C(=O)OC. The molecule has 0 unspecified atom stereocenters. The van der Waals surface area contributed by atoms with Crippen molar-refractivity contribution in [2.75, 3.05) is 7.11 Å². The van der Waals surface area contributed by atoms with Gasteiger partial charge in [-0.25, -0.2) is 0 Å². The van der Waals surface area contributed by atoms with Gasteiger partial charge in [-0.1, -0.05) is 19.6 Å². The molecular weight excluding hydrogens is 204 g/mol. The summed E-state index contributed by atoms with van der Waals surface area (Å²) in [7, 11) is 1.35. The Bertz CT molecular complexity index is 354. The van der Waals surface area contributed by atoms with Crippen LogP contribution in [-0.4, -0.2) is 18.9 Å². The van der Waals surface area contributed by atoms with Crippen LogP contribution in [0.25, 0.3) is 0 Å². The number of hydrogen-bond donors (Lipinski definition) is 0. The molecule has 0 amide bonds. The first-order valence-corrected chi connectivity index (χ1v) is 5.44. The van der Waals surface area contributed by atoms with E-state index in [-0.39, 0.29) is 17.7 Å². The van der Waals surface area contributed by atoms with Crippen LogP contribution in [-0.2, 0) is 14.3 Å². The van der Waals surface area contributed by atoms with Crippen LogP contribution in [0.2, 0.25) is 0 Å². The molecule has 0 saturated heterocycles. The predicted octanol–water partition coefficient (Wildman–Crippen LogP) is 2.28. The predicted molar refractivity (Wildman–Crippen MR) is 61.8 cm³/mol. The Labute approximate surface area is 96.2 Å². The van der Waals surface area contributed by atoms with Crippen molar-refractivity contribution in [3.05, 3.63) is 24.3 Å². The molecule has 16 heavy (non-hydrogen) atoms. The monoisotopic (exact) mass is 222 g/mol. The van der Waals surface area contributed by atoms with E-state index in [2.05, 4.69) is 6.58 Å². The summed E-state index contributed by atoms with van der Waals surface area (Å²) in [5.41, 5.74) is -0.314. The number of ketones is 1. The zero-order valence-electron chi connectivity index (χ0n) is 10.1. The summed E-state index contributed by atoms with van der Waals surface area (Å²) < 4.78 is 4.82. The molecule has 0 fully saturated rings. The summed E-state index contributed by atoms with van der Waals surface area (Å²) in [6.45, 7) is 7.22. The van der Waals surface area contributed by atoms with Gasteiger partial charge in [0.1, 0.15) is 0 Å². The molecule has 0 aromatic carbocycles. The Hall–Kier alpha value is -1.38. The normalized spacial score (nSPS) is 29.2. The Kier molecular flexibility index (Phi) is 3.68. The van der Waals surface area contributed by atoms with Crippen LogP contribution in [0, 0.1) is 11.3 Å². The zero-order chi connectivity index (χ0) is 12.3. The molecule has 2 atom stereocenters. The quantitative estimate of drug-likeness (QED) is 0.543. The van der Waals surface area contributed by atoms with Crippen molar-refractivity contribution in [3.63, 3.8) is 0 Å². The average molecular weight is 222 g/mol. The average Bonchev–Trinajstić information content (AvgIpc) is 2.30. The van der Waals surface area contributed by atoms with Crippen molar-refractivity contribution in [1.82, 2.24) is 0 Å². The maximum Gasteiger partial charge on any atom is 0.316 e. The number of carbonyl (C=O) groups is 2. The van der Waals surface area contributed by atoms with E-state index in [4.69, 9.17) is 4.74 Å². The van der Waals surface area contributed by atoms with E-state index in [1.54, 1.807) is 6.92 Å². The largest absolute Gasteiger partial charge is 0.468 e. The first-order chi connectivity index (χ1) is 7.48. The smallest absolute Gasteiger partial charge is 0.316 e. The van der Waals surface area contributed by atoms with E-state index < -0.39 is 5.41 Å². The van der Waals surface area contributed by atoms with Crippen LogP contribution in [0.15, 0.2) is 24.3 Å². The minimum atomic E-state index is -0.835. The van der Waals surface area contributed by atoms with Gasteiger partial charge in [-0.3, -0.25) is 9.59 Å². The fraction of sp³-hybridized carbons (Fsp3) is 0.538. The topological polar surface area (TPSA) is 43.4 Å². The van der Waals surface area contributed by atoms with Crippen molar-refractivity contribution < 1.29 is 14.3 Å². The van der Waals surface area contributed by atoms with E-state index in [1.165, 1.54) is 13.2 Å².